The van der Waals surface area contributed by atoms with Crippen LogP contribution in [0.25, 0.3) is 6.08 Å². The van der Waals surface area contributed by atoms with Gasteiger partial charge in [-0.2, -0.15) is 0 Å². The Hall–Kier alpha value is -1.52. The predicted octanol–water partition coefficient (Wildman–Crippen LogP) is 3.05. The molecule has 1 N–H and O–H groups in total. The van der Waals surface area contributed by atoms with Crippen molar-refractivity contribution in [1.29, 1.82) is 0 Å². The van der Waals surface area contributed by atoms with Gasteiger partial charge in [-0.25, -0.2) is 4.79 Å². The van der Waals surface area contributed by atoms with Gasteiger partial charge in [-0.05, 0) is 36.6 Å². The third-order valence-electron chi connectivity index (χ3n) is 3.25. The van der Waals surface area contributed by atoms with E-state index in [-0.39, 0.29) is 0 Å². The minimum absolute atomic E-state index is 0.558. The molecule has 5 heteroatoms. The maximum atomic E-state index is 10.5. The van der Waals surface area contributed by atoms with Crippen molar-refractivity contribution in [1.82, 2.24) is 0 Å². The molecule has 1 saturated carbocycles. The van der Waals surface area contributed by atoms with Gasteiger partial charge in [0.1, 0.15) is 0 Å². The summed E-state index contributed by atoms with van der Waals surface area (Å²) in [5.74, 6) is -0.982. The lowest BCUT2D eigenvalue weighted by molar-refractivity contribution is -0.131. The summed E-state index contributed by atoms with van der Waals surface area (Å²) in [5.41, 5.74) is 1.77. The molecular weight excluding hydrogens is 278 g/mol. The Balaban J connectivity index is 2.15. The highest BCUT2D eigenvalue weighted by Gasteiger charge is 2.29. The maximum absolute atomic E-state index is 10.5. The van der Waals surface area contributed by atoms with Gasteiger partial charge in [-0.3, -0.25) is 0 Å². The standard InChI is InChI=1S/C15H18ClNO3/c1-20-9-8-17(12-5-6-12)13-4-2-11(14(16)10-13)3-7-15(18)19/h2-4,7,10,12H,5-6,8-9H2,1H3,(H,18,19)/b7-3+. The van der Waals surface area contributed by atoms with E-state index in [0.717, 1.165) is 18.3 Å². The van der Waals surface area contributed by atoms with Crippen LogP contribution in [0.3, 0.4) is 0 Å². The average molecular weight is 296 g/mol. The van der Waals surface area contributed by atoms with Crippen LogP contribution in [0.15, 0.2) is 24.3 Å². The summed E-state index contributed by atoms with van der Waals surface area (Å²) in [5, 5.41) is 9.19. The number of benzene rings is 1. The molecule has 20 heavy (non-hydrogen) atoms. The van der Waals surface area contributed by atoms with Crippen molar-refractivity contribution in [3.63, 3.8) is 0 Å². The first-order valence-corrected chi connectivity index (χ1v) is 6.95. The molecule has 0 amide bonds. The normalized spacial score (nSPS) is 14.7. The summed E-state index contributed by atoms with van der Waals surface area (Å²) in [7, 11) is 1.69. The molecule has 4 nitrogen and oxygen atoms in total. The Morgan fingerprint density at radius 3 is 2.85 bits per heavy atom. The minimum Gasteiger partial charge on any atom is -0.478 e. The Morgan fingerprint density at radius 1 is 1.55 bits per heavy atom. The largest absolute Gasteiger partial charge is 0.478 e. The summed E-state index contributed by atoms with van der Waals surface area (Å²) in [6.45, 7) is 1.51. The molecule has 0 saturated heterocycles. The quantitative estimate of drug-likeness (QED) is 0.786. The van der Waals surface area contributed by atoms with Crippen molar-refractivity contribution in [2.45, 2.75) is 18.9 Å². The van der Waals surface area contributed by atoms with E-state index in [2.05, 4.69) is 4.90 Å². The lowest BCUT2D eigenvalue weighted by Gasteiger charge is -2.24. The highest BCUT2D eigenvalue weighted by atomic mass is 35.5. The second-order valence-electron chi connectivity index (χ2n) is 4.79. The van der Waals surface area contributed by atoms with Crippen LogP contribution in [0.2, 0.25) is 5.02 Å². The van der Waals surface area contributed by atoms with Crippen LogP contribution in [-0.2, 0) is 9.53 Å². The first-order valence-electron chi connectivity index (χ1n) is 6.58. The van der Waals surface area contributed by atoms with E-state index in [1.807, 2.05) is 18.2 Å². The van der Waals surface area contributed by atoms with Crippen molar-refractivity contribution < 1.29 is 14.6 Å². The van der Waals surface area contributed by atoms with Crippen LogP contribution in [0.1, 0.15) is 18.4 Å². The third-order valence-corrected chi connectivity index (χ3v) is 3.57. The Morgan fingerprint density at radius 2 is 2.30 bits per heavy atom. The molecule has 0 bridgehead atoms. The smallest absolute Gasteiger partial charge is 0.328 e. The summed E-state index contributed by atoms with van der Waals surface area (Å²) in [4.78, 5) is 12.8. The zero-order valence-electron chi connectivity index (χ0n) is 11.4. The van der Waals surface area contributed by atoms with E-state index in [9.17, 15) is 4.79 Å². The van der Waals surface area contributed by atoms with Crippen molar-refractivity contribution in [2.75, 3.05) is 25.2 Å². The molecule has 2 rings (SSSR count). The van der Waals surface area contributed by atoms with Gasteiger partial charge in [-0.1, -0.05) is 17.7 Å². The molecule has 108 valence electrons. The molecule has 0 radical (unpaired) electrons. The summed E-state index contributed by atoms with van der Waals surface area (Å²) in [6, 6.07) is 6.28. The fourth-order valence-corrected chi connectivity index (χ4v) is 2.33. The number of carbonyl (C=O) groups is 1. The number of aliphatic carboxylic acids is 1. The van der Waals surface area contributed by atoms with E-state index in [1.165, 1.54) is 18.9 Å². The molecular formula is C15H18ClNO3. The fourth-order valence-electron chi connectivity index (χ4n) is 2.09. The van der Waals surface area contributed by atoms with Gasteiger partial charge < -0.3 is 14.7 Å². The second-order valence-corrected chi connectivity index (χ2v) is 5.20. The van der Waals surface area contributed by atoms with Crippen molar-refractivity contribution in [2.24, 2.45) is 0 Å². The number of hydrogen-bond donors (Lipinski definition) is 1. The highest BCUT2D eigenvalue weighted by molar-refractivity contribution is 6.32. The number of halogens is 1. The molecule has 0 atom stereocenters. The number of anilines is 1. The molecule has 1 aliphatic rings. The molecule has 0 aliphatic heterocycles. The molecule has 1 aromatic rings. The maximum Gasteiger partial charge on any atom is 0.328 e. The summed E-state index contributed by atoms with van der Waals surface area (Å²) < 4.78 is 5.14. The molecule has 0 heterocycles. The van der Waals surface area contributed by atoms with Gasteiger partial charge in [0.05, 0.1) is 6.61 Å². The lowest BCUT2D eigenvalue weighted by atomic mass is 10.1. The van der Waals surface area contributed by atoms with E-state index in [1.54, 1.807) is 7.11 Å². The number of hydrogen-bond acceptors (Lipinski definition) is 3. The summed E-state index contributed by atoms with van der Waals surface area (Å²) in [6.07, 6.45) is 4.99. The van der Waals surface area contributed by atoms with Gasteiger partial charge in [0.25, 0.3) is 0 Å². The summed E-state index contributed by atoms with van der Waals surface area (Å²) >= 11 is 6.21. The topological polar surface area (TPSA) is 49.8 Å². The molecule has 0 unspecified atom stereocenters. The predicted molar refractivity (Wildman–Crippen MR) is 80.4 cm³/mol. The van der Waals surface area contributed by atoms with E-state index in [0.29, 0.717) is 23.2 Å². The number of nitrogens with zero attached hydrogens (tertiary/aromatic N) is 1. The molecule has 0 spiro atoms. The van der Waals surface area contributed by atoms with E-state index < -0.39 is 5.97 Å². The van der Waals surface area contributed by atoms with Crippen molar-refractivity contribution in [3.8, 4) is 0 Å². The zero-order chi connectivity index (χ0) is 14.5. The van der Waals surface area contributed by atoms with Crippen LogP contribution in [0.5, 0.6) is 0 Å². The Bertz CT molecular complexity index is 512. The second kappa shape index (κ2) is 6.77. The highest BCUT2D eigenvalue weighted by Crippen LogP contribution is 2.33. The monoisotopic (exact) mass is 295 g/mol. The van der Waals surface area contributed by atoms with Gasteiger partial charge in [-0.15, -0.1) is 0 Å². The lowest BCUT2D eigenvalue weighted by Crippen LogP contribution is -2.29. The first-order chi connectivity index (χ1) is 9.61. The van der Waals surface area contributed by atoms with Gasteiger partial charge in [0.15, 0.2) is 0 Å². The molecule has 1 fully saturated rings. The van der Waals surface area contributed by atoms with E-state index in [4.69, 9.17) is 21.4 Å². The minimum atomic E-state index is -0.982. The van der Waals surface area contributed by atoms with Crippen LogP contribution >= 0.6 is 11.6 Å². The number of ether oxygens (including phenoxy) is 1. The van der Waals surface area contributed by atoms with Gasteiger partial charge in [0, 0.05) is 36.5 Å². The van der Waals surface area contributed by atoms with Gasteiger partial charge >= 0.3 is 5.97 Å². The zero-order valence-corrected chi connectivity index (χ0v) is 12.1. The number of rotatable bonds is 7. The van der Waals surface area contributed by atoms with Crippen LogP contribution < -0.4 is 4.90 Å². The number of carboxylic acid groups (broad SMARTS) is 1. The van der Waals surface area contributed by atoms with Crippen LogP contribution in [0.4, 0.5) is 5.69 Å². The first kappa shape index (κ1) is 14.9. The van der Waals surface area contributed by atoms with Crippen LogP contribution in [-0.4, -0.2) is 37.4 Å². The average Bonchev–Trinajstić information content (AvgIpc) is 3.22. The number of methoxy groups -OCH3 is 1. The molecule has 1 aliphatic carbocycles. The Kier molecular flexibility index (Phi) is 5.04. The van der Waals surface area contributed by atoms with Gasteiger partial charge in [0.2, 0.25) is 0 Å². The van der Waals surface area contributed by atoms with E-state index >= 15 is 0 Å². The Labute approximate surface area is 123 Å². The van der Waals surface area contributed by atoms with Crippen molar-refractivity contribution in [3.05, 3.63) is 34.9 Å². The molecule has 0 aromatic heterocycles. The van der Waals surface area contributed by atoms with Crippen molar-refractivity contribution >= 4 is 29.3 Å². The third kappa shape index (κ3) is 3.99. The SMILES string of the molecule is COCCN(c1ccc(/C=C/C(=O)O)c(Cl)c1)C1CC1. The molecule has 1 aromatic carbocycles. The van der Waals surface area contributed by atoms with Crippen LogP contribution in [0, 0.1) is 0 Å². The fraction of sp³-hybridized carbons (Fsp3) is 0.400. The number of carboxylic acids is 1.